The average Bonchev–Trinajstić information content (AvgIpc) is 2.91. The minimum Gasteiger partial charge on any atom is -0.394 e. The SMILES string of the molecule is O=C(Nc1ccn([C@@H]2O[C@H](CO)[C@@H](O)C2F)c(=O)n1)c1ccccc1. The van der Waals surface area contributed by atoms with Crippen LogP contribution in [0.1, 0.15) is 16.6 Å². The molecule has 3 rings (SSSR count). The molecule has 0 spiro atoms. The third-order valence-electron chi connectivity index (χ3n) is 3.86. The number of ether oxygens (including phenoxy) is 1. The van der Waals surface area contributed by atoms with Crippen LogP contribution in [-0.4, -0.2) is 50.7 Å². The Morgan fingerprint density at radius 2 is 2.04 bits per heavy atom. The lowest BCUT2D eigenvalue weighted by atomic mass is 10.1. The van der Waals surface area contributed by atoms with Crippen LogP contribution in [0.2, 0.25) is 0 Å². The summed E-state index contributed by atoms with van der Waals surface area (Å²) in [5.74, 6) is -0.440. The smallest absolute Gasteiger partial charge is 0.351 e. The van der Waals surface area contributed by atoms with Gasteiger partial charge < -0.3 is 20.3 Å². The van der Waals surface area contributed by atoms with Crippen molar-refractivity contribution >= 4 is 11.7 Å². The first-order valence-electron chi connectivity index (χ1n) is 7.55. The fourth-order valence-electron chi connectivity index (χ4n) is 2.53. The molecule has 4 atom stereocenters. The zero-order chi connectivity index (χ0) is 18.0. The number of carbonyl (C=O) groups is 1. The van der Waals surface area contributed by atoms with Gasteiger partial charge in [-0.25, -0.2) is 9.18 Å². The molecule has 1 unspecified atom stereocenters. The molecule has 1 saturated heterocycles. The minimum absolute atomic E-state index is 0.00256. The van der Waals surface area contributed by atoms with Crippen molar-refractivity contribution in [3.8, 4) is 0 Å². The first-order chi connectivity index (χ1) is 12.0. The lowest BCUT2D eigenvalue weighted by Crippen LogP contribution is -2.33. The van der Waals surface area contributed by atoms with Crippen molar-refractivity contribution in [2.45, 2.75) is 24.6 Å². The lowest BCUT2D eigenvalue weighted by molar-refractivity contribution is -0.0490. The van der Waals surface area contributed by atoms with E-state index in [0.717, 1.165) is 4.57 Å². The number of hydrogen-bond donors (Lipinski definition) is 3. The van der Waals surface area contributed by atoms with Gasteiger partial charge in [-0.05, 0) is 18.2 Å². The molecule has 1 fully saturated rings. The molecule has 0 aliphatic carbocycles. The molecule has 3 N–H and O–H groups in total. The summed E-state index contributed by atoms with van der Waals surface area (Å²) in [6.07, 6.45) is -4.74. The highest BCUT2D eigenvalue weighted by molar-refractivity contribution is 6.03. The van der Waals surface area contributed by atoms with Gasteiger partial charge in [0.1, 0.15) is 18.0 Å². The van der Waals surface area contributed by atoms with Crippen molar-refractivity contribution in [1.29, 1.82) is 0 Å². The molecule has 1 aromatic carbocycles. The summed E-state index contributed by atoms with van der Waals surface area (Å²) in [4.78, 5) is 27.8. The van der Waals surface area contributed by atoms with Crippen LogP contribution in [0, 0.1) is 0 Å². The van der Waals surface area contributed by atoms with Crippen LogP contribution in [0.3, 0.4) is 0 Å². The molecule has 2 heterocycles. The van der Waals surface area contributed by atoms with Crippen LogP contribution in [0.5, 0.6) is 0 Å². The maximum absolute atomic E-state index is 14.1. The highest BCUT2D eigenvalue weighted by Gasteiger charge is 2.45. The zero-order valence-corrected chi connectivity index (χ0v) is 12.9. The van der Waals surface area contributed by atoms with Gasteiger partial charge in [-0.15, -0.1) is 0 Å². The van der Waals surface area contributed by atoms with E-state index in [1.165, 1.54) is 12.3 Å². The summed E-state index contributed by atoms with van der Waals surface area (Å²) in [7, 11) is 0. The molecule has 1 amide bonds. The van der Waals surface area contributed by atoms with E-state index in [2.05, 4.69) is 10.3 Å². The van der Waals surface area contributed by atoms with E-state index < -0.39 is 42.8 Å². The van der Waals surface area contributed by atoms with Crippen LogP contribution >= 0.6 is 0 Å². The number of anilines is 1. The average molecular weight is 349 g/mol. The minimum atomic E-state index is -1.89. The molecular formula is C16H16FN3O5. The van der Waals surface area contributed by atoms with E-state index in [4.69, 9.17) is 9.84 Å². The number of nitrogens with one attached hydrogen (secondary N) is 1. The summed E-state index contributed by atoms with van der Waals surface area (Å²) >= 11 is 0. The molecule has 0 saturated carbocycles. The second-order valence-electron chi connectivity index (χ2n) is 5.51. The van der Waals surface area contributed by atoms with Gasteiger partial charge in [0.2, 0.25) is 0 Å². The standard InChI is InChI=1S/C16H16FN3O5/c17-12-13(22)10(8-21)25-15(12)20-7-6-11(19-16(20)24)18-14(23)9-4-2-1-3-5-9/h1-7,10,12-13,15,21-22H,8H2,(H,18,19,23,24)/t10-,12?,13-,15-/m1/s1. The number of hydrogen-bond acceptors (Lipinski definition) is 6. The van der Waals surface area contributed by atoms with Crippen LogP contribution < -0.4 is 11.0 Å². The number of nitrogens with zero attached hydrogens (tertiary/aromatic N) is 2. The molecule has 9 heteroatoms. The second-order valence-corrected chi connectivity index (χ2v) is 5.51. The number of aromatic nitrogens is 2. The number of halogens is 1. The number of alkyl halides is 1. The number of rotatable bonds is 4. The molecule has 2 aromatic rings. The van der Waals surface area contributed by atoms with E-state index in [0.29, 0.717) is 5.56 Å². The maximum Gasteiger partial charge on any atom is 0.351 e. The number of aliphatic hydroxyl groups is 2. The van der Waals surface area contributed by atoms with Gasteiger partial charge in [0, 0.05) is 11.8 Å². The van der Waals surface area contributed by atoms with Gasteiger partial charge in [-0.2, -0.15) is 4.98 Å². The first-order valence-corrected chi connectivity index (χ1v) is 7.55. The van der Waals surface area contributed by atoms with Crippen molar-refractivity contribution in [1.82, 2.24) is 9.55 Å². The van der Waals surface area contributed by atoms with E-state index >= 15 is 0 Å². The predicted molar refractivity (Wildman–Crippen MR) is 84.8 cm³/mol. The van der Waals surface area contributed by atoms with Gasteiger partial charge in [0.25, 0.3) is 5.91 Å². The van der Waals surface area contributed by atoms with Crippen molar-refractivity contribution in [2.75, 3.05) is 11.9 Å². The topological polar surface area (TPSA) is 114 Å². The first kappa shape index (κ1) is 17.2. The Bertz CT molecular complexity index is 813. The fraction of sp³-hybridized carbons (Fsp3) is 0.312. The third-order valence-corrected chi connectivity index (χ3v) is 3.86. The van der Waals surface area contributed by atoms with Gasteiger partial charge in [0.05, 0.1) is 6.61 Å². The van der Waals surface area contributed by atoms with Gasteiger partial charge >= 0.3 is 5.69 Å². The van der Waals surface area contributed by atoms with Crippen LogP contribution in [0.25, 0.3) is 0 Å². The highest BCUT2D eigenvalue weighted by atomic mass is 19.1. The third kappa shape index (κ3) is 3.43. The molecule has 0 bridgehead atoms. The van der Waals surface area contributed by atoms with Crippen LogP contribution in [-0.2, 0) is 4.74 Å². The Morgan fingerprint density at radius 3 is 2.64 bits per heavy atom. The van der Waals surface area contributed by atoms with Gasteiger partial charge in [0.15, 0.2) is 12.4 Å². The Labute approximate surface area is 141 Å². The van der Waals surface area contributed by atoms with E-state index in [1.807, 2.05) is 0 Å². The summed E-state index contributed by atoms with van der Waals surface area (Å²) < 4.78 is 20.1. The molecule has 132 valence electrons. The van der Waals surface area contributed by atoms with E-state index in [1.54, 1.807) is 30.3 Å². The Kier molecular flexibility index (Phi) is 4.88. The molecular weight excluding hydrogens is 333 g/mol. The Balaban J connectivity index is 1.78. The molecule has 25 heavy (non-hydrogen) atoms. The van der Waals surface area contributed by atoms with Crippen molar-refractivity contribution in [2.24, 2.45) is 0 Å². The summed E-state index contributed by atoms with van der Waals surface area (Å²) in [6.45, 7) is -0.578. The largest absolute Gasteiger partial charge is 0.394 e. The van der Waals surface area contributed by atoms with Crippen molar-refractivity contribution in [3.63, 3.8) is 0 Å². The number of benzene rings is 1. The lowest BCUT2D eigenvalue weighted by Gasteiger charge is -2.16. The fourth-order valence-corrected chi connectivity index (χ4v) is 2.53. The second kappa shape index (κ2) is 7.09. The van der Waals surface area contributed by atoms with Crippen molar-refractivity contribution in [3.05, 3.63) is 58.6 Å². The monoisotopic (exact) mass is 349 g/mol. The number of carbonyl (C=O) groups excluding carboxylic acids is 1. The van der Waals surface area contributed by atoms with Crippen molar-refractivity contribution < 1.29 is 24.1 Å². The summed E-state index contributed by atoms with van der Waals surface area (Å²) in [6, 6.07) is 9.68. The molecule has 1 aromatic heterocycles. The highest BCUT2D eigenvalue weighted by Crippen LogP contribution is 2.30. The predicted octanol–water partition coefficient (Wildman–Crippen LogP) is 0.0843. The van der Waals surface area contributed by atoms with E-state index in [9.17, 15) is 19.1 Å². The number of amides is 1. The zero-order valence-electron chi connectivity index (χ0n) is 12.9. The number of aliphatic hydroxyl groups excluding tert-OH is 2. The molecule has 1 aliphatic heterocycles. The van der Waals surface area contributed by atoms with Crippen LogP contribution in [0.4, 0.5) is 10.2 Å². The molecule has 8 nitrogen and oxygen atoms in total. The Hall–Kier alpha value is -2.62. The van der Waals surface area contributed by atoms with E-state index in [-0.39, 0.29) is 5.82 Å². The quantitative estimate of drug-likeness (QED) is 0.721. The molecule has 1 aliphatic rings. The van der Waals surface area contributed by atoms with Gasteiger partial charge in [-0.3, -0.25) is 9.36 Å². The maximum atomic E-state index is 14.1. The van der Waals surface area contributed by atoms with Crippen LogP contribution in [0.15, 0.2) is 47.4 Å². The summed E-state index contributed by atoms with van der Waals surface area (Å²) in [5, 5.41) is 21.1. The Morgan fingerprint density at radius 1 is 1.32 bits per heavy atom. The molecule has 0 radical (unpaired) electrons. The van der Waals surface area contributed by atoms with Gasteiger partial charge in [-0.1, -0.05) is 18.2 Å². The summed E-state index contributed by atoms with van der Waals surface area (Å²) in [5.41, 5.74) is -0.463. The normalized spacial score (nSPS) is 25.7.